The van der Waals surface area contributed by atoms with Gasteiger partial charge >= 0.3 is 0 Å². The summed E-state index contributed by atoms with van der Waals surface area (Å²) >= 11 is 0. The molecule has 1 aliphatic rings. The highest BCUT2D eigenvalue weighted by molar-refractivity contribution is 5.79. The zero-order chi connectivity index (χ0) is 17.9. The molecule has 4 rings (SSSR count). The first-order valence-electron chi connectivity index (χ1n) is 8.88. The van der Waals surface area contributed by atoms with E-state index < -0.39 is 0 Å². The number of ether oxygens (including phenoxy) is 1. The minimum atomic E-state index is 0.338. The van der Waals surface area contributed by atoms with Crippen molar-refractivity contribution < 1.29 is 4.74 Å². The zero-order valence-corrected chi connectivity index (χ0v) is 14.9. The molecule has 1 unspecified atom stereocenters. The van der Waals surface area contributed by atoms with E-state index in [-0.39, 0.29) is 0 Å². The summed E-state index contributed by atoms with van der Waals surface area (Å²) in [5.74, 6) is 1.80. The van der Waals surface area contributed by atoms with Gasteiger partial charge in [-0.2, -0.15) is 5.10 Å². The van der Waals surface area contributed by atoms with Gasteiger partial charge < -0.3 is 15.4 Å². The molecule has 0 amide bonds. The second-order valence-electron chi connectivity index (χ2n) is 6.82. The Morgan fingerprint density at radius 2 is 2.04 bits per heavy atom. The number of pyridine rings is 2. The van der Waals surface area contributed by atoms with Crippen molar-refractivity contribution in [1.29, 1.82) is 0 Å². The third kappa shape index (κ3) is 3.72. The van der Waals surface area contributed by atoms with Gasteiger partial charge in [0.25, 0.3) is 0 Å². The first-order valence-corrected chi connectivity index (χ1v) is 8.88. The highest BCUT2D eigenvalue weighted by atomic mass is 16.5. The number of anilines is 3. The number of rotatable bonds is 5. The Balaban J connectivity index is 1.56. The van der Waals surface area contributed by atoms with Crippen LogP contribution in [0.15, 0.2) is 36.7 Å². The molecule has 1 fully saturated rings. The lowest BCUT2D eigenvalue weighted by molar-refractivity contribution is 0.195. The van der Waals surface area contributed by atoms with Gasteiger partial charge in [0, 0.05) is 6.61 Å². The second-order valence-corrected chi connectivity index (χ2v) is 6.82. The summed E-state index contributed by atoms with van der Waals surface area (Å²) in [5.41, 5.74) is 3.77. The van der Waals surface area contributed by atoms with Gasteiger partial charge in [-0.15, -0.1) is 5.10 Å². The number of aromatic nitrogens is 4. The Hall–Kier alpha value is -2.80. The summed E-state index contributed by atoms with van der Waals surface area (Å²) in [6.07, 6.45) is 4.64. The van der Waals surface area contributed by atoms with Crippen molar-refractivity contribution in [2.24, 2.45) is 0 Å². The van der Waals surface area contributed by atoms with Crippen molar-refractivity contribution >= 4 is 28.4 Å². The van der Waals surface area contributed by atoms with Crippen molar-refractivity contribution in [3.63, 3.8) is 0 Å². The number of hydrogen-bond donors (Lipinski definition) is 2. The van der Waals surface area contributed by atoms with Crippen molar-refractivity contribution in [2.45, 2.75) is 32.2 Å². The molecule has 134 valence electrons. The van der Waals surface area contributed by atoms with E-state index in [1.165, 1.54) is 0 Å². The lowest BCUT2D eigenvalue weighted by atomic mass is 10.1. The lowest BCUT2D eigenvalue weighted by Gasteiger charge is -2.12. The second kappa shape index (κ2) is 7.21. The smallest absolute Gasteiger partial charge is 0.154 e. The van der Waals surface area contributed by atoms with Crippen LogP contribution in [0.4, 0.5) is 17.3 Å². The van der Waals surface area contributed by atoms with Gasteiger partial charge in [-0.1, -0.05) is 13.8 Å². The first kappa shape index (κ1) is 16.7. The molecular formula is C19H22N6O. The molecule has 0 aromatic carbocycles. The fraction of sp³-hybridized carbons (Fsp3) is 0.368. The third-order valence-corrected chi connectivity index (χ3v) is 4.44. The van der Waals surface area contributed by atoms with Gasteiger partial charge in [0.1, 0.15) is 5.82 Å². The zero-order valence-electron chi connectivity index (χ0n) is 14.9. The Kier molecular flexibility index (Phi) is 4.62. The van der Waals surface area contributed by atoms with Crippen LogP contribution < -0.4 is 10.6 Å². The quantitative estimate of drug-likeness (QED) is 0.728. The van der Waals surface area contributed by atoms with E-state index in [4.69, 9.17) is 4.74 Å². The van der Waals surface area contributed by atoms with Crippen LogP contribution in [0.1, 0.15) is 31.7 Å². The molecule has 4 heterocycles. The molecule has 0 saturated carbocycles. The first-order chi connectivity index (χ1) is 12.7. The summed E-state index contributed by atoms with van der Waals surface area (Å²) in [5, 5.41) is 14.9. The van der Waals surface area contributed by atoms with Gasteiger partial charge in [0.2, 0.25) is 0 Å². The van der Waals surface area contributed by atoms with Crippen LogP contribution in [-0.2, 0) is 4.74 Å². The van der Waals surface area contributed by atoms with Gasteiger partial charge in [-0.05, 0) is 42.2 Å². The van der Waals surface area contributed by atoms with E-state index in [1.54, 1.807) is 6.20 Å². The van der Waals surface area contributed by atoms with E-state index in [9.17, 15) is 0 Å². The molecule has 1 atom stereocenters. The average molecular weight is 350 g/mol. The summed E-state index contributed by atoms with van der Waals surface area (Å²) in [4.78, 5) is 9.15. The van der Waals surface area contributed by atoms with Crippen LogP contribution in [0.25, 0.3) is 11.0 Å². The van der Waals surface area contributed by atoms with E-state index in [1.807, 2.05) is 30.5 Å². The molecule has 26 heavy (non-hydrogen) atoms. The van der Waals surface area contributed by atoms with Crippen LogP contribution in [0.5, 0.6) is 0 Å². The van der Waals surface area contributed by atoms with Crippen LogP contribution in [0.2, 0.25) is 0 Å². The van der Waals surface area contributed by atoms with E-state index in [0.29, 0.717) is 17.8 Å². The number of fused-ring (bicyclic) bond motifs is 1. The summed E-state index contributed by atoms with van der Waals surface area (Å²) < 4.78 is 5.41. The van der Waals surface area contributed by atoms with Gasteiger partial charge in [0.15, 0.2) is 5.82 Å². The molecule has 2 N–H and O–H groups in total. The Labute approximate surface area is 152 Å². The Morgan fingerprint density at radius 1 is 1.12 bits per heavy atom. The molecule has 0 radical (unpaired) electrons. The number of hydrogen-bond acceptors (Lipinski definition) is 7. The van der Waals surface area contributed by atoms with Crippen molar-refractivity contribution in [2.75, 3.05) is 23.8 Å². The predicted octanol–water partition coefficient (Wildman–Crippen LogP) is 3.49. The van der Waals surface area contributed by atoms with Crippen LogP contribution in [0.3, 0.4) is 0 Å². The monoisotopic (exact) mass is 350 g/mol. The van der Waals surface area contributed by atoms with Crippen molar-refractivity contribution in [3.05, 3.63) is 42.2 Å². The molecule has 0 aliphatic carbocycles. The SMILES string of the molecule is CC(C)c1cnnc(Nc2ccc3ncc(NC4CCOC4)cc3n2)c1. The minimum absolute atomic E-state index is 0.338. The maximum absolute atomic E-state index is 5.41. The highest BCUT2D eigenvalue weighted by Crippen LogP contribution is 2.22. The normalized spacial score (nSPS) is 17.0. The fourth-order valence-corrected chi connectivity index (χ4v) is 2.93. The molecule has 3 aromatic rings. The van der Waals surface area contributed by atoms with Crippen LogP contribution in [0, 0.1) is 0 Å². The largest absolute Gasteiger partial charge is 0.379 e. The molecule has 7 nitrogen and oxygen atoms in total. The maximum atomic E-state index is 5.41. The Morgan fingerprint density at radius 3 is 2.85 bits per heavy atom. The average Bonchev–Trinajstić information content (AvgIpc) is 3.15. The molecular weight excluding hydrogens is 328 g/mol. The molecule has 0 spiro atoms. The summed E-state index contributed by atoms with van der Waals surface area (Å²) in [7, 11) is 0. The topological polar surface area (TPSA) is 84.9 Å². The van der Waals surface area contributed by atoms with Crippen LogP contribution >= 0.6 is 0 Å². The van der Waals surface area contributed by atoms with E-state index in [0.717, 1.165) is 47.7 Å². The van der Waals surface area contributed by atoms with E-state index >= 15 is 0 Å². The Bertz CT molecular complexity index is 907. The predicted molar refractivity (Wildman–Crippen MR) is 102 cm³/mol. The number of nitrogens with zero attached hydrogens (tertiary/aromatic N) is 4. The molecule has 7 heteroatoms. The molecule has 3 aromatic heterocycles. The fourth-order valence-electron chi connectivity index (χ4n) is 2.93. The lowest BCUT2D eigenvalue weighted by Crippen LogP contribution is -2.18. The van der Waals surface area contributed by atoms with Crippen molar-refractivity contribution in [3.8, 4) is 0 Å². The molecule has 1 saturated heterocycles. The van der Waals surface area contributed by atoms with Gasteiger partial charge in [0.05, 0.1) is 41.8 Å². The summed E-state index contributed by atoms with van der Waals surface area (Å²) in [6.45, 7) is 5.80. The number of nitrogens with one attached hydrogen (secondary N) is 2. The molecule has 1 aliphatic heterocycles. The molecule has 0 bridgehead atoms. The third-order valence-electron chi connectivity index (χ3n) is 4.44. The standard InChI is InChI=1S/C19H22N6O/c1-12(2)13-7-19(25-21-9-13)24-18-4-3-16-17(23-18)8-15(10-20-16)22-14-5-6-26-11-14/h3-4,7-10,12,14,22H,5-6,11H2,1-2H3,(H,23,24,25). The summed E-state index contributed by atoms with van der Waals surface area (Å²) in [6, 6.07) is 8.20. The van der Waals surface area contributed by atoms with E-state index in [2.05, 4.69) is 44.6 Å². The van der Waals surface area contributed by atoms with Crippen molar-refractivity contribution in [1.82, 2.24) is 20.2 Å². The maximum Gasteiger partial charge on any atom is 0.154 e. The van der Waals surface area contributed by atoms with Gasteiger partial charge in [-0.25, -0.2) is 4.98 Å². The van der Waals surface area contributed by atoms with Crippen LogP contribution in [-0.4, -0.2) is 39.4 Å². The minimum Gasteiger partial charge on any atom is -0.379 e. The highest BCUT2D eigenvalue weighted by Gasteiger charge is 2.15. The van der Waals surface area contributed by atoms with Gasteiger partial charge in [-0.3, -0.25) is 4.98 Å².